The van der Waals surface area contributed by atoms with E-state index in [0.29, 0.717) is 24.4 Å². The van der Waals surface area contributed by atoms with Gasteiger partial charge in [0.2, 0.25) is 15.9 Å². The van der Waals surface area contributed by atoms with Gasteiger partial charge in [-0.15, -0.1) is 0 Å². The molecule has 4 aromatic rings. The summed E-state index contributed by atoms with van der Waals surface area (Å²) in [4.78, 5) is 25.5. The van der Waals surface area contributed by atoms with Crippen LogP contribution in [0.3, 0.4) is 0 Å². The fourth-order valence-corrected chi connectivity index (χ4v) is 6.39. The number of hydrogen-bond acceptors (Lipinski definition) is 7. The van der Waals surface area contributed by atoms with E-state index in [-0.39, 0.29) is 21.9 Å². The van der Waals surface area contributed by atoms with Gasteiger partial charge in [-0.25, -0.2) is 13.2 Å². The molecule has 1 saturated heterocycles. The molecule has 3 aromatic carbocycles. The summed E-state index contributed by atoms with van der Waals surface area (Å²) in [5.41, 5.74) is 2.24. The second-order valence-electron chi connectivity index (χ2n) is 9.82. The minimum absolute atomic E-state index is 0.0562. The van der Waals surface area contributed by atoms with Crippen LogP contribution in [0.25, 0.3) is 22.5 Å². The molecule has 10 heteroatoms. The minimum Gasteiger partial charge on any atom is -0.452 e. The molecule has 1 aliphatic heterocycles. The van der Waals surface area contributed by atoms with Gasteiger partial charge in [-0.3, -0.25) is 10.1 Å². The number of hydrogen-bond donors (Lipinski definition) is 1. The Balaban J connectivity index is 1.28. The number of esters is 1. The third-order valence-electron chi connectivity index (χ3n) is 7.00. The Kier molecular flexibility index (Phi) is 8.81. The largest absolute Gasteiger partial charge is 0.452 e. The number of ether oxygens (including phenoxy) is 1. The molecule has 0 bridgehead atoms. The summed E-state index contributed by atoms with van der Waals surface area (Å²) < 4.78 is 38.6. The lowest BCUT2D eigenvalue weighted by Gasteiger charge is -2.19. The summed E-state index contributed by atoms with van der Waals surface area (Å²) in [5, 5.41) is 12.5. The molecule has 42 heavy (non-hydrogen) atoms. The lowest BCUT2D eigenvalue weighted by atomic mass is 9.98. The van der Waals surface area contributed by atoms with Crippen molar-refractivity contribution in [3.63, 3.8) is 0 Å². The molecule has 2 heterocycles. The van der Waals surface area contributed by atoms with E-state index in [9.17, 15) is 23.3 Å². The van der Waals surface area contributed by atoms with Gasteiger partial charge in [0.05, 0.1) is 10.5 Å². The van der Waals surface area contributed by atoms with E-state index in [0.717, 1.165) is 36.8 Å². The van der Waals surface area contributed by atoms with E-state index in [1.54, 1.807) is 0 Å². The number of furan rings is 1. The van der Waals surface area contributed by atoms with Crippen molar-refractivity contribution < 1.29 is 27.2 Å². The molecule has 0 saturated carbocycles. The van der Waals surface area contributed by atoms with Gasteiger partial charge >= 0.3 is 5.97 Å². The molecule has 1 aliphatic rings. The molecule has 5 rings (SSSR count). The van der Waals surface area contributed by atoms with E-state index in [1.807, 2.05) is 60.7 Å². The zero-order valence-corrected chi connectivity index (χ0v) is 23.6. The number of nitriles is 1. The normalized spacial score (nSPS) is 14.0. The van der Waals surface area contributed by atoms with Crippen molar-refractivity contribution in [2.75, 3.05) is 25.0 Å². The van der Waals surface area contributed by atoms with Gasteiger partial charge in [-0.1, -0.05) is 73.5 Å². The van der Waals surface area contributed by atoms with Crippen LogP contribution in [0.5, 0.6) is 0 Å². The van der Waals surface area contributed by atoms with Crippen LogP contribution in [-0.2, 0) is 19.6 Å². The quantitative estimate of drug-likeness (QED) is 0.258. The third-order valence-corrected chi connectivity index (χ3v) is 8.91. The predicted molar refractivity (Wildman–Crippen MR) is 157 cm³/mol. The zero-order valence-electron chi connectivity index (χ0n) is 22.8. The Morgan fingerprint density at radius 3 is 2.05 bits per heavy atom. The molecule has 1 fully saturated rings. The highest BCUT2D eigenvalue weighted by atomic mass is 32.2. The van der Waals surface area contributed by atoms with Crippen LogP contribution in [0.15, 0.2) is 94.2 Å². The molecule has 9 nitrogen and oxygen atoms in total. The first kappa shape index (κ1) is 28.8. The second-order valence-corrected chi connectivity index (χ2v) is 11.8. The first-order valence-corrected chi connectivity index (χ1v) is 15.1. The van der Waals surface area contributed by atoms with E-state index in [4.69, 9.17) is 9.15 Å². The molecule has 0 unspecified atom stereocenters. The molecule has 0 aliphatic carbocycles. The first-order chi connectivity index (χ1) is 20.4. The van der Waals surface area contributed by atoms with E-state index in [2.05, 4.69) is 11.4 Å². The highest BCUT2D eigenvalue weighted by molar-refractivity contribution is 7.89. The summed E-state index contributed by atoms with van der Waals surface area (Å²) in [5.74, 6) is -1.13. The highest BCUT2D eigenvalue weighted by Crippen LogP contribution is 2.41. The predicted octanol–water partition coefficient (Wildman–Crippen LogP) is 5.85. The van der Waals surface area contributed by atoms with Crippen molar-refractivity contribution >= 4 is 27.8 Å². The van der Waals surface area contributed by atoms with E-state index >= 15 is 0 Å². The van der Waals surface area contributed by atoms with Crippen molar-refractivity contribution in [2.24, 2.45) is 0 Å². The molecular formula is C32H29N3O6S. The number of anilines is 1. The average molecular weight is 584 g/mol. The maximum atomic E-state index is 13.0. The Bertz CT molecular complexity index is 1700. The number of carbonyl (C=O) groups is 2. The highest BCUT2D eigenvalue weighted by Gasteiger charge is 2.26. The van der Waals surface area contributed by atoms with Crippen LogP contribution in [-0.4, -0.2) is 44.3 Å². The monoisotopic (exact) mass is 583 g/mol. The summed E-state index contributed by atoms with van der Waals surface area (Å²) in [6.45, 7) is 0.313. The average Bonchev–Trinajstić information content (AvgIpc) is 3.17. The number of rotatable bonds is 8. The van der Waals surface area contributed by atoms with Gasteiger partial charge in [0, 0.05) is 24.2 Å². The fraction of sp³-hybridized carbons (Fsp3) is 0.219. The fourth-order valence-electron chi connectivity index (χ4n) is 4.87. The standard InChI is InChI=1S/C32H29N3O6S/c33-21-27-29(23-11-5-3-6-12-23)30(24-13-7-4-8-14-24)41-31(27)34-28(36)22-40-32(37)25-15-17-26(18-16-25)42(38,39)35-19-9-1-2-10-20-35/h3-8,11-18H,1-2,9-10,19-20,22H2,(H,34,36). The SMILES string of the molecule is N#Cc1c(NC(=O)COC(=O)c2ccc(S(=O)(=O)N3CCCCCC3)cc2)oc(-c2ccccc2)c1-c1ccccc1. The summed E-state index contributed by atoms with van der Waals surface area (Å²) in [6, 6.07) is 26.0. The third kappa shape index (κ3) is 6.28. The Labute approximate surface area is 244 Å². The molecule has 1 amide bonds. The smallest absolute Gasteiger partial charge is 0.338 e. The van der Waals surface area contributed by atoms with Crippen LogP contribution < -0.4 is 5.32 Å². The molecule has 0 atom stereocenters. The van der Waals surface area contributed by atoms with Gasteiger partial charge in [-0.05, 0) is 42.7 Å². The minimum atomic E-state index is -3.66. The molecular weight excluding hydrogens is 554 g/mol. The van der Waals surface area contributed by atoms with Crippen LogP contribution in [0, 0.1) is 11.3 Å². The zero-order chi connectivity index (χ0) is 29.5. The summed E-state index contributed by atoms with van der Waals surface area (Å²) in [6.07, 6.45) is 3.65. The van der Waals surface area contributed by atoms with Gasteiger partial charge < -0.3 is 9.15 Å². The van der Waals surface area contributed by atoms with E-state index < -0.39 is 28.5 Å². The Morgan fingerprint density at radius 2 is 1.45 bits per heavy atom. The molecule has 1 aromatic heterocycles. The number of amides is 1. The number of benzene rings is 3. The topological polar surface area (TPSA) is 130 Å². The molecule has 0 radical (unpaired) electrons. The van der Waals surface area contributed by atoms with Gasteiger partial charge in [0.1, 0.15) is 17.4 Å². The van der Waals surface area contributed by atoms with Crippen LogP contribution in [0.2, 0.25) is 0 Å². The van der Waals surface area contributed by atoms with E-state index in [1.165, 1.54) is 28.6 Å². The van der Waals surface area contributed by atoms with Gasteiger partial charge in [-0.2, -0.15) is 9.57 Å². The summed E-state index contributed by atoms with van der Waals surface area (Å²) >= 11 is 0. The lowest BCUT2D eigenvalue weighted by Crippen LogP contribution is -2.31. The number of nitrogens with zero attached hydrogens (tertiary/aromatic N) is 2. The Morgan fingerprint density at radius 1 is 0.857 bits per heavy atom. The van der Waals surface area contributed by atoms with Crippen molar-refractivity contribution in [1.29, 1.82) is 5.26 Å². The maximum absolute atomic E-state index is 13.0. The first-order valence-electron chi connectivity index (χ1n) is 13.6. The van der Waals surface area contributed by atoms with Crippen molar-refractivity contribution in [3.8, 4) is 28.5 Å². The molecule has 1 N–H and O–H groups in total. The van der Waals surface area contributed by atoms with Crippen LogP contribution >= 0.6 is 0 Å². The maximum Gasteiger partial charge on any atom is 0.338 e. The van der Waals surface area contributed by atoms with Crippen molar-refractivity contribution in [3.05, 3.63) is 96.1 Å². The Hall–Kier alpha value is -4.72. The van der Waals surface area contributed by atoms with Gasteiger partial charge in [0.25, 0.3) is 5.91 Å². The van der Waals surface area contributed by atoms with Crippen LogP contribution in [0.1, 0.15) is 41.6 Å². The van der Waals surface area contributed by atoms with Gasteiger partial charge in [0.15, 0.2) is 6.61 Å². The number of nitrogens with one attached hydrogen (secondary N) is 1. The summed E-state index contributed by atoms with van der Waals surface area (Å²) in [7, 11) is -3.66. The number of sulfonamides is 1. The number of carbonyl (C=O) groups excluding carboxylic acids is 2. The second kappa shape index (κ2) is 12.9. The van der Waals surface area contributed by atoms with Crippen molar-refractivity contribution in [1.82, 2.24) is 4.31 Å². The van der Waals surface area contributed by atoms with Crippen molar-refractivity contribution in [2.45, 2.75) is 30.6 Å². The van der Waals surface area contributed by atoms with Crippen LogP contribution in [0.4, 0.5) is 5.88 Å². The lowest BCUT2D eigenvalue weighted by molar-refractivity contribution is -0.119. The molecule has 0 spiro atoms. The molecule has 214 valence electrons.